The summed E-state index contributed by atoms with van der Waals surface area (Å²) < 4.78 is 2.21. The monoisotopic (exact) mass is 404 g/mol. The number of carbonyl (C=O) groups excluding carboxylic acids is 1. The Bertz CT molecular complexity index is 1060. The molecular weight excluding hydrogens is 376 g/mol. The van der Waals surface area contributed by atoms with Crippen LogP contribution in [0.2, 0.25) is 0 Å². The van der Waals surface area contributed by atoms with Crippen molar-refractivity contribution < 1.29 is 4.79 Å². The van der Waals surface area contributed by atoms with Crippen LogP contribution in [0.3, 0.4) is 0 Å². The lowest BCUT2D eigenvalue weighted by atomic mass is 10.0. The van der Waals surface area contributed by atoms with E-state index < -0.39 is 0 Å². The zero-order valence-electron chi connectivity index (χ0n) is 17.6. The lowest BCUT2D eigenvalue weighted by Crippen LogP contribution is -2.36. The Labute approximate surface area is 176 Å². The first-order valence-electron chi connectivity index (χ1n) is 10.9. The van der Waals surface area contributed by atoms with Gasteiger partial charge in [0.1, 0.15) is 17.8 Å². The SMILES string of the molecule is Cc1ccc(-c2cc(C(=O)N3CCCC3CCc3nncn3C3CC3)[nH]n2)cc1C. The molecule has 2 aliphatic rings. The summed E-state index contributed by atoms with van der Waals surface area (Å²) in [5.41, 5.74) is 4.89. The number of aromatic amines is 1. The van der Waals surface area contributed by atoms with Crippen LogP contribution >= 0.6 is 0 Å². The molecule has 2 aromatic heterocycles. The van der Waals surface area contributed by atoms with Gasteiger partial charge in [-0.2, -0.15) is 5.10 Å². The van der Waals surface area contributed by atoms with Crippen molar-refractivity contribution in [2.75, 3.05) is 6.54 Å². The Morgan fingerprint density at radius 3 is 2.83 bits per heavy atom. The smallest absolute Gasteiger partial charge is 0.272 e. The fraction of sp³-hybridized carbons (Fsp3) is 0.478. The van der Waals surface area contributed by atoms with E-state index in [2.05, 4.69) is 57.0 Å². The van der Waals surface area contributed by atoms with Crippen LogP contribution < -0.4 is 0 Å². The Balaban J connectivity index is 1.27. The largest absolute Gasteiger partial charge is 0.334 e. The van der Waals surface area contributed by atoms with E-state index in [0.29, 0.717) is 11.7 Å². The van der Waals surface area contributed by atoms with E-state index in [9.17, 15) is 4.79 Å². The lowest BCUT2D eigenvalue weighted by molar-refractivity contribution is 0.0724. The van der Waals surface area contributed by atoms with Crippen molar-refractivity contribution in [3.05, 3.63) is 53.2 Å². The van der Waals surface area contributed by atoms with Crippen molar-refractivity contribution in [2.24, 2.45) is 0 Å². The van der Waals surface area contributed by atoms with Gasteiger partial charge in [-0.05, 0) is 69.2 Å². The van der Waals surface area contributed by atoms with Gasteiger partial charge in [-0.3, -0.25) is 9.89 Å². The van der Waals surface area contributed by atoms with Crippen LogP contribution in [-0.4, -0.2) is 48.4 Å². The van der Waals surface area contributed by atoms with Crippen LogP contribution in [0.15, 0.2) is 30.6 Å². The fourth-order valence-corrected chi connectivity index (χ4v) is 4.44. The molecule has 0 spiro atoms. The minimum absolute atomic E-state index is 0.0451. The van der Waals surface area contributed by atoms with Gasteiger partial charge in [-0.1, -0.05) is 12.1 Å². The molecule has 7 nitrogen and oxygen atoms in total. The molecule has 5 rings (SSSR count). The van der Waals surface area contributed by atoms with Gasteiger partial charge < -0.3 is 9.47 Å². The number of H-pyrrole nitrogens is 1. The predicted molar refractivity (Wildman–Crippen MR) is 114 cm³/mol. The first-order valence-corrected chi connectivity index (χ1v) is 10.9. The fourth-order valence-electron chi connectivity index (χ4n) is 4.44. The van der Waals surface area contributed by atoms with Gasteiger partial charge in [-0.25, -0.2) is 0 Å². The second-order valence-electron chi connectivity index (χ2n) is 8.68. The van der Waals surface area contributed by atoms with Crippen LogP contribution in [-0.2, 0) is 6.42 Å². The highest BCUT2D eigenvalue weighted by Crippen LogP contribution is 2.35. The maximum Gasteiger partial charge on any atom is 0.272 e. The zero-order valence-corrected chi connectivity index (χ0v) is 17.6. The van der Waals surface area contributed by atoms with Gasteiger partial charge in [-0.15, -0.1) is 10.2 Å². The normalized spacial score (nSPS) is 18.9. The Hall–Kier alpha value is -2.96. The van der Waals surface area contributed by atoms with Crippen LogP contribution in [0.4, 0.5) is 0 Å². The third kappa shape index (κ3) is 3.64. The summed E-state index contributed by atoms with van der Waals surface area (Å²) >= 11 is 0. The molecule has 1 atom stereocenters. The summed E-state index contributed by atoms with van der Waals surface area (Å²) in [6.45, 7) is 4.99. The summed E-state index contributed by atoms with van der Waals surface area (Å²) in [5.74, 6) is 1.10. The minimum Gasteiger partial charge on any atom is -0.334 e. The molecule has 1 saturated carbocycles. The maximum atomic E-state index is 13.2. The van der Waals surface area contributed by atoms with Gasteiger partial charge in [0.2, 0.25) is 0 Å². The zero-order chi connectivity index (χ0) is 20.7. The number of benzene rings is 1. The number of amides is 1. The number of carbonyl (C=O) groups is 1. The summed E-state index contributed by atoms with van der Waals surface area (Å²) in [5, 5.41) is 15.8. The van der Waals surface area contributed by atoms with E-state index in [1.807, 2.05) is 17.3 Å². The summed E-state index contributed by atoms with van der Waals surface area (Å²) in [6.07, 6.45) is 8.18. The molecule has 30 heavy (non-hydrogen) atoms. The van der Waals surface area contributed by atoms with E-state index in [0.717, 1.165) is 49.3 Å². The van der Waals surface area contributed by atoms with Crippen molar-refractivity contribution in [3.8, 4) is 11.3 Å². The highest BCUT2D eigenvalue weighted by Gasteiger charge is 2.31. The van der Waals surface area contributed by atoms with Crippen LogP contribution in [0, 0.1) is 13.8 Å². The second kappa shape index (κ2) is 7.70. The minimum atomic E-state index is 0.0451. The van der Waals surface area contributed by atoms with Gasteiger partial charge in [0, 0.05) is 30.6 Å². The molecule has 7 heteroatoms. The Kier molecular flexibility index (Phi) is 4.89. The molecule has 1 aliphatic heterocycles. The molecule has 1 saturated heterocycles. The molecule has 1 amide bonds. The van der Waals surface area contributed by atoms with Crippen molar-refractivity contribution in [3.63, 3.8) is 0 Å². The third-order valence-corrected chi connectivity index (χ3v) is 6.54. The summed E-state index contributed by atoms with van der Waals surface area (Å²) in [7, 11) is 0. The number of likely N-dealkylation sites (tertiary alicyclic amines) is 1. The number of hydrogen-bond donors (Lipinski definition) is 1. The average Bonchev–Trinajstić information content (AvgIpc) is 3.15. The van der Waals surface area contributed by atoms with Gasteiger partial charge in [0.05, 0.1) is 5.69 Å². The summed E-state index contributed by atoms with van der Waals surface area (Å²) in [4.78, 5) is 15.2. The van der Waals surface area contributed by atoms with E-state index in [-0.39, 0.29) is 11.9 Å². The first kappa shape index (κ1) is 19.0. The number of aromatic nitrogens is 5. The molecule has 1 aromatic carbocycles. The second-order valence-corrected chi connectivity index (χ2v) is 8.68. The van der Waals surface area contributed by atoms with Crippen LogP contribution in [0.5, 0.6) is 0 Å². The highest BCUT2D eigenvalue weighted by atomic mass is 16.2. The number of hydrogen-bond acceptors (Lipinski definition) is 4. The number of nitrogens with zero attached hydrogens (tertiary/aromatic N) is 5. The molecule has 156 valence electrons. The lowest BCUT2D eigenvalue weighted by Gasteiger charge is -2.24. The molecule has 0 radical (unpaired) electrons. The van der Waals surface area contributed by atoms with Crippen molar-refractivity contribution >= 4 is 5.91 Å². The van der Waals surface area contributed by atoms with Crippen LogP contribution in [0.25, 0.3) is 11.3 Å². The molecule has 3 heterocycles. The molecule has 2 fully saturated rings. The summed E-state index contributed by atoms with van der Waals surface area (Å²) in [6, 6.07) is 8.99. The van der Waals surface area contributed by atoms with Crippen molar-refractivity contribution in [1.82, 2.24) is 29.9 Å². The van der Waals surface area contributed by atoms with Crippen LogP contribution in [0.1, 0.15) is 65.6 Å². The van der Waals surface area contributed by atoms with E-state index in [1.165, 1.54) is 24.0 Å². The maximum absolute atomic E-state index is 13.2. The van der Waals surface area contributed by atoms with E-state index >= 15 is 0 Å². The standard InChI is InChI=1S/C23H28N6O/c1-15-5-6-17(12-16(15)2)20-13-21(26-25-20)23(30)28-11-3-4-18(28)9-10-22-27-24-14-29(22)19-7-8-19/h5-6,12-14,18-19H,3-4,7-11H2,1-2H3,(H,25,26). The Morgan fingerprint density at radius 1 is 1.17 bits per heavy atom. The number of rotatable bonds is 6. The van der Waals surface area contributed by atoms with Crippen molar-refractivity contribution in [2.45, 2.75) is 64.5 Å². The van der Waals surface area contributed by atoms with E-state index in [4.69, 9.17) is 0 Å². The molecule has 1 aliphatic carbocycles. The molecule has 1 N–H and O–H groups in total. The first-order chi connectivity index (χ1) is 14.6. The van der Waals surface area contributed by atoms with Gasteiger partial charge >= 0.3 is 0 Å². The third-order valence-electron chi connectivity index (χ3n) is 6.54. The quantitative estimate of drug-likeness (QED) is 0.677. The molecule has 1 unspecified atom stereocenters. The predicted octanol–water partition coefficient (Wildman–Crippen LogP) is 3.86. The molecular formula is C23H28N6O. The highest BCUT2D eigenvalue weighted by molar-refractivity contribution is 5.93. The number of aryl methyl sites for hydroxylation is 3. The Morgan fingerprint density at radius 2 is 2.03 bits per heavy atom. The average molecular weight is 405 g/mol. The molecule has 0 bridgehead atoms. The van der Waals surface area contributed by atoms with Gasteiger partial charge in [0.25, 0.3) is 5.91 Å². The topological polar surface area (TPSA) is 79.7 Å². The molecule has 3 aromatic rings. The van der Waals surface area contributed by atoms with Gasteiger partial charge in [0.15, 0.2) is 0 Å². The van der Waals surface area contributed by atoms with E-state index in [1.54, 1.807) is 0 Å². The van der Waals surface area contributed by atoms with Crippen molar-refractivity contribution in [1.29, 1.82) is 0 Å². The number of nitrogens with one attached hydrogen (secondary N) is 1.